The van der Waals surface area contributed by atoms with E-state index in [-0.39, 0.29) is 12.1 Å². The minimum absolute atomic E-state index is 0.0464. The quantitative estimate of drug-likeness (QED) is 0.442. The van der Waals surface area contributed by atoms with Gasteiger partial charge < -0.3 is 15.0 Å². The first-order valence-electron chi connectivity index (χ1n) is 11.4. The molecule has 3 aromatic rings. The molecule has 2 aromatic heterocycles. The summed E-state index contributed by atoms with van der Waals surface area (Å²) in [6.07, 6.45) is 5.17. The molecular weight excluding hydrogens is 457 g/mol. The first kappa shape index (κ1) is 23.7. The van der Waals surface area contributed by atoms with Crippen molar-refractivity contribution in [3.63, 3.8) is 0 Å². The number of aryl methyl sites for hydroxylation is 2. The summed E-state index contributed by atoms with van der Waals surface area (Å²) in [6.45, 7) is 8.48. The molecule has 4 rings (SSSR count). The Bertz CT molecular complexity index is 1100. The number of halogens is 2. The average Bonchev–Trinajstić information content (AvgIpc) is 3.22. The summed E-state index contributed by atoms with van der Waals surface area (Å²) in [7, 11) is 0. The molecule has 2 atom stereocenters. The van der Waals surface area contributed by atoms with Gasteiger partial charge >= 0.3 is 0 Å². The third-order valence-corrected chi connectivity index (χ3v) is 6.44. The SMILES string of the molecule is CCO[C@@H]1CN(c2ccncc2)C[C@H]1Nc1nc(CC)c(-c2ccc(Cl)cc2Cl)nc1CC. The van der Waals surface area contributed by atoms with Crippen LogP contribution in [0.25, 0.3) is 11.3 Å². The van der Waals surface area contributed by atoms with Gasteiger partial charge in [0, 0.05) is 48.4 Å². The predicted octanol–water partition coefficient (Wildman–Crippen LogP) is 5.68. The molecule has 0 unspecified atom stereocenters. The lowest BCUT2D eigenvalue weighted by Gasteiger charge is -2.22. The molecule has 0 spiro atoms. The number of nitrogens with one attached hydrogen (secondary N) is 1. The van der Waals surface area contributed by atoms with E-state index in [4.69, 9.17) is 37.9 Å². The highest BCUT2D eigenvalue weighted by molar-refractivity contribution is 6.36. The molecular formula is C25H29Cl2N5O. The summed E-state index contributed by atoms with van der Waals surface area (Å²) < 4.78 is 6.09. The molecule has 1 saturated heterocycles. The van der Waals surface area contributed by atoms with E-state index in [1.54, 1.807) is 6.07 Å². The third kappa shape index (κ3) is 5.24. The van der Waals surface area contributed by atoms with E-state index >= 15 is 0 Å². The Balaban J connectivity index is 1.65. The Labute approximate surface area is 205 Å². The zero-order valence-electron chi connectivity index (χ0n) is 19.2. The standard InChI is InChI=1S/C25H29Cl2N5O/c1-4-20-24(18-8-7-16(26)13-19(18)27)29-21(5-2)25(30-20)31-22-14-32(15-23(22)33-6-3)17-9-11-28-12-10-17/h7-13,22-23H,4-6,14-15H2,1-3H3,(H,30,31)/t22-,23-/m1/s1. The first-order valence-corrected chi connectivity index (χ1v) is 12.2. The molecule has 0 saturated carbocycles. The minimum atomic E-state index is 0.0464. The minimum Gasteiger partial charge on any atom is -0.374 e. The van der Waals surface area contributed by atoms with Crippen molar-refractivity contribution in [3.05, 3.63) is 64.2 Å². The lowest BCUT2D eigenvalue weighted by molar-refractivity contribution is 0.0719. The van der Waals surface area contributed by atoms with Crippen molar-refractivity contribution < 1.29 is 4.74 Å². The molecule has 6 nitrogen and oxygen atoms in total. The van der Waals surface area contributed by atoms with E-state index in [0.29, 0.717) is 16.7 Å². The second-order valence-electron chi connectivity index (χ2n) is 8.00. The Morgan fingerprint density at radius 1 is 1.00 bits per heavy atom. The number of ether oxygens (including phenoxy) is 1. The van der Waals surface area contributed by atoms with Crippen LogP contribution in [0.5, 0.6) is 0 Å². The fourth-order valence-corrected chi connectivity index (χ4v) is 4.75. The number of rotatable bonds is 8. The molecule has 0 aliphatic carbocycles. The van der Waals surface area contributed by atoms with Gasteiger partial charge in [0.1, 0.15) is 5.82 Å². The van der Waals surface area contributed by atoms with Crippen molar-refractivity contribution >= 4 is 34.7 Å². The van der Waals surface area contributed by atoms with Crippen molar-refractivity contribution in [1.29, 1.82) is 0 Å². The van der Waals surface area contributed by atoms with Gasteiger partial charge in [0.05, 0.1) is 34.3 Å². The second-order valence-corrected chi connectivity index (χ2v) is 8.84. The third-order valence-electron chi connectivity index (χ3n) is 5.89. The van der Waals surface area contributed by atoms with Crippen LogP contribution in [-0.4, -0.2) is 46.8 Å². The molecule has 0 amide bonds. The maximum absolute atomic E-state index is 6.50. The molecule has 1 aromatic carbocycles. The molecule has 1 aliphatic heterocycles. The van der Waals surface area contributed by atoms with Crippen LogP contribution in [0.4, 0.5) is 11.5 Å². The Morgan fingerprint density at radius 3 is 2.42 bits per heavy atom. The van der Waals surface area contributed by atoms with Gasteiger partial charge in [-0.15, -0.1) is 0 Å². The van der Waals surface area contributed by atoms with Crippen LogP contribution in [0.15, 0.2) is 42.7 Å². The van der Waals surface area contributed by atoms with Gasteiger partial charge in [0.15, 0.2) is 0 Å². The average molecular weight is 486 g/mol. The van der Waals surface area contributed by atoms with E-state index in [9.17, 15) is 0 Å². The predicted molar refractivity (Wildman–Crippen MR) is 136 cm³/mol. The Hall–Kier alpha value is -2.41. The van der Waals surface area contributed by atoms with E-state index < -0.39 is 0 Å². The lowest BCUT2D eigenvalue weighted by Crippen LogP contribution is -2.35. The summed E-state index contributed by atoms with van der Waals surface area (Å²) in [5.74, 6) is 0.814. The Morgan fingerprint density at radius 2 is 1.76 bits per heavy atom. The van der Waals surface area contributed by atoms with Gasteiger partial charge in [-0.1, -0.05) is 37.0 Å². The largest absolute Gasteiger partial charge is 0.374 e. The highest BCUT2D eigenvalue weighted by Crippen LogP contribution is 2.33. The topological polar surface area (TPSA) is 63.2 Å². The molecule has 0 bridgehead atoms. The molecule has 1 aliphatic rings. The van der Waals surface area contributed by atoms with Crippen LogP contribution in [0.1, 0.15) is 32.2 Å². The van der Waals surface area contributed by atoms with Crippen molar-refractivity contribution in [3.8, 4) is 11.3 Å². The summed E-state index contributed by atoms with van der Waals surface area (Å²) in [5, 5.41) is 4.84. The smallest absolute Gasteiger partial charge is 0.148 e. The van der Waals surface area contributed by atoms with Crippen molar-refractivity contribution in [2.75, 3.05) is 29.9 Å². The zero-order chi connectivity index (χ0) is 23.4. The van der Waals surface area contributed by atoms with Crippen LogP contribution in [-0.2, 0) is 17.6 Å². The molecule has 3 heterocycles. The number of nitrogens with zero attached hydrogens (tertiary/aromatic N) is 4. The van der Waals surface area contributed by atoms with Gasteiger partial charge in [-0.3, -0.25) is 4.98 Å². The summed E-state index contributed by atoms with van der Waals surface area (Å²) in [5.41, 5.74) is 4.61. The lowest BCUT2D eigenvalue weighted by atomic mass is 10.1. The molecule has 1 N–H and O–H groups in total. The number of aromatic nitrogens is 3. The highest BCUT2D eigenvalue weighted by Gasteiger charge is 2.34. The fraction of sp³-hybridized carbons (Fsp3) is 0.400. The maximum Gasteiger partial charge on any atom is 0.148 e. The molecule has 174 valence electrons. The molecule has 1 fully saturated rings. The highest BCUT2D eigenvalue weighted by atomic mass is 35.5. The van der Waals surface area contributed by atoms with Gasteiger partial charge in [-0.2, -0.15) is 0 Å². The number of anilines is 2. The van der Waals surface area contributed by atoms with Crippen LogP contribution >= 0.6 is 23.2 Å². The number of hydrogen-bond donors (Lipinski definition) is 1. The Kier molecular flexibility index (Phi) is 7.68. The number of pyridine rings is 1. The van der Waals surface area contributed by atoms with Crippen LogP contribution in [0.3, 0.4) is 0 Å². The first-order chi connectivity index (χ1) is 16.0. The summed E-state index contributed by atoms with van der Waals surface area (Å²) in [4.78, 5) is 16.5. The van der Waals surface area contributed by atoms with Gasteiger partial charge in [-0.25, -0.2) is 9.97 Å². The van der Waals surface area contributed by atoms with E-state index in [1.165, 1.54) is 0 Å². The fourth-order valence-electron chi connectivity index (χ4n) is 4.25. The number of hydrogen-bond acceptors (Lipinski definition) is 6. The van der Waals surface area contributed by atoms with E-state index in [2.05, 4.69) is 29.0 Å². The maximum atomic E-state index is 6.50. The normalized spacial score (nSPS) is 18.0. The van der Waals surface area contributed by atoms with Gasteiger partial charge in [0.25, 0.3) is 0 Å². The van der Waals surface area contributed by atoms with Crippen LogP contribution in [0, 0.1) is 0 Å². The van der Waals surface area contributed by atoms with Gasteiger partial charge in [0.2, 0.25) is 0 Å². The van der Waals surface area contributed by atoms with Crippen LogP contribution in [0.2, 0.25) is 10.0 Å². The zero-order valence-corrected chi connectivity index (χ0v) is 20.7. The summed E-state index contributed by atoms with van der Waals surface area (Å²) in [6, 6.07) is 9.64. The molecule has 8 heteroatoms. The molecule has 33 heavy (non-hydrogen) atoms. The number of benzene rings is 1. The van der Waals surface area contributed by atoms with Crippen LogP contribution < -0.4 is 10.2 Å². The second kappa shape index (κ2) is 10.7. The monoisotopic (exact) mass is 485 g/mol. The van der Waals surface area contributed by atoms with E-state index in [1.807, 2.05) is 43.6 Å². The summed E-state index contributed by atoms with van der Waals surface area (Å²) >= 11 is 12.6. The molecule has 0 radical (unpaired) electrons. The van der Waals surface area contributed by atoms with E-state index in [0.717, 1.165) is 60.1 Å². The van der Waals surface area contributed by atoms with Crippen molar-refractivity contribution in [2.24, 2.45) is 0 Å². The van der Waals surface area contributed by atoms with Gasteiger partial charge in [-0.05, 0) is 50.1 Å². The van der Waals surface area contributed by atoms with Crippen molar-refractivity contribution in [1.82, 2.24) is 15.0 Å². The van der Waals surface area contributed by atoms with Crippen molar-refractivity contribution in [2.45, 2.75) is 45.8 Å².